The van der Waals surface area contributed by atoms with E-state index >= 15 is 0 Å². The molecular weight excluding hydrogens is 226 g/mol. The Hall–Kier alpha value is -1.97. The van der Waals surface area contributed by atoms with E-state index < -0.39 is 0 Å². The lowest BCUT2D eigenvalue weighted by Crippen LogP contribution is -2.38. The standard InChI is InChI=1S/C14H21N3O/c1-4-9-16-14(15-2)17-10-8-12-6-5-7-13(11-12)18-3/h4-7,11H,1,8-10H2,2-3H3,(H2,15,16,17). The summed E-state index contributed by atoms with van der Waals surface area (Å²) in [5.74, 6) is 1.68. The minimum atomic E-state index is 0.707. The van der Waals surface area contributed by atoms with E-state index in [4.69, 9.17) is 4.74 Å². The molecule has 4 heteroatoms. The topological polar surface area (TPSA) is 45.7 Å². The molecule has 0 aliphatic carbocycles. The van der Waals surface area contributed by atoms with Crippen LogP contribution in [0.4, 0.5) is 0 Å². The summed E-state index contributed by atoms with van der Waals surface area (Å²) in [6, 6.07) is 8.08. The van der Waals surface area contributed by atoms with Crippen molar-refractivity contribution in [2.75, 3.05) is 27.2 Å². The van der Waals surface area contributed by atoms with Gasteiger partial charge >= 0.3 is 0 Å². The molecule has 0 aliphatic heterocycles. The second kappa shape index (κ2) is 8.17. The molecule has 1 aromatic rings. The molecular formula is C14H21N3O. The van der Waals surface area contributed by atoms with E-state index in [0.29, 0.717) is 6.54 Å². The Kier molecular flexibility index (Phi) is 6.40. The molecule has 0 saturated carbocycles. The third kappa shape index (κ3) is 4.91. The Morgan fingerprint density at radius 1 is 1.44 bits per heavy atom. The first-order chi connectivity index (χ1) is 8.80. The maximum atomic E-state index is 5.19. The molecule has 0 radical (unpaired) electrons. The van der Waals surface area contributed by atoms with Crippen LogP contribution in [-0.4, -0.2) is 33.2 Å². The highest BCUT2D eigenvalue weighted by atomic mass is 16.5. The summed E-state index contributed by atoms with van der Waals surface area (Å²) < 4.78 is 5.19. The number of rotatable bonds is 6. The van der Waals surface area contributed by atoms with Crippen LogP contribution in [0.25, 0.3) is 0 Å². The first kappa shape index (κ1) is 14.1. The summed E-state index contributed by atoms with van der Waals surface area (Å²) >= 11 is 0. The minimum absolute atomic E-state index is 0.707. The molecule has 18 heavy (non-hydrogen) atoms. The van der Waals surface area contributed by atoms with Crippen LogP contribution < -0.4 is 15.4 Å². The summed E-state index contributed by atoms with van der Waals surface area (Å²) in [5.41, 5.74) is 1.24. The zero-order chi connectivity index (χ0) is 13.2. The van der Waals surface area contributed by atoms with Crippen molar-refractivity contribution in [1.29, 1.82) is 0 Å². The van der Waals surface area contributed by atoms with Crippen molar-refractivity contribution in [3.8, 4) is 5.75 Å². The van der Waals surface area contributed by atoms with Crippen LogP contribution in [0.5, 0.6) is 5.75 Å². The number of aliphatic imine (C=N–C) groups is 1. The fraction of sp³-hybridized carbons (Fsp3) is 0.357. The van der Waals surface area contributed by atoms with E-state index in [1.54, 1.807) is 20.2 Å². The summed E-state index contributed by atoms with van der Waals surface area (Å²) in [5, 5.41) is 6.36. The molecule has 0 aromatic heterocycles. The van der Waals surface area contributed by atoms with E-state index in [2.05, 4.69) is 28.3 Å². The Morgan fingerprint density at radius 2 is 2.28 bits per heavy atom. The zero-order valence-corrected chi connectivity index (χ0v) is 11.1. The number of benzene rings is 1. The SMILES string of the molecule is C=CCNC(=NC)NCCc1cccc(OC)c1. The van der Waals surface area contributed by atoms with Crippen molar-refractivity contribution in [2.24, 2.45) is 4.99 Å². The Balaban J connectivity index is 2.38. The minimum Gasteiger partial charge on any atom is -0.497 e. The van der Waals surface area contributed by atoms with Crippen molar-refractivity contribution in [3.05, 3.63) is 42.5 Å². The third-order valence-electron chi connectivity index (χ3n) is 2.48. The first-order valence-corrected chi connectivity index (χ1v) is 5.98. The maximum absolute atomic E-state index is 5.19. The summed E-state index contributed by atoms with van der Waals surface area (Å²) in [4.78, 5) is 4.11. The number of nitrogens with zero attached hydrogens (tertiary/aromatic N) is 1. The lowest BCUT2D eigenvalue weighted by atomic mass is 10.1. The van der Waals surface area contributed by atoms with E-state index in [0.717, 1.165) is 24.7 Å². The predicted octanol–water partition coefficient (Wildman–Crippen LogP) is 1.59. The van der Waals surface area contributed by atoms with Gasteiger partial charge in [-0.2, -0.15) is 0 Å². The van der Waals surface area contributed by atoms with Gasteiger partial charge in [-0.1, -0.05) is 18.2 Å². The summed E-state index contributed by atoms with van der Waals surface area (Å²) in [6.07, 6.45) is 2.72. The van der Waals surface area contributed by atoms with Gasteiger partial charge in [-0.25, -0.2) is 0 Å². The van der Waals surface area contributed by atoms with Crippen LogP contribution in [-0.2, 0) is 6.42 Å². The monoisotopic (exact) mass is 247 g/mol. The van der Waals surface area contributed by atoms with Gasteiger partial charge in [0.2, 0.25) is 0 Å². The van der Waals surface area contributed by atoms with Crippen LogP contribution in [0.3, 0.4) is 0 Å². The molecule has 0 bridgehead atoms. The molecule has 0 fully saturated rings. The average Bonchev–Trinajstić information content (AvgIpc) is 2.43. The highest BCUT2D eigenvalue weighted by Crippen LogP contribution is 2.12. The number of hydrogen-bond acceptors (Lipinski definition) is 2. The number of hydrogen-bond donors (Lipinski definition) is 2. The van der Waals surface area contributed by atoms with Crippen molar-refractivity contribution >= 4 is 5.96 Å². The second-order valence-electron chi connectivity index (χ2n) is 3.77. The lowest BCUT2D eigenvalue weighted by Gasteiger charge is -2.10. The van der Waals surface area contributed by atoms with Crippen LogP contribution in [0.1, 0.15) is 5.56 Å². The molecule has 0 heterocycles. The van der Waals surface area contributed by atoms with Gasteiger partial charge in [0.1, 0.15) is 5.75 Å². The molecule has 0 spiro atoms. The Morgan fingerprint density at radius 3 is 2.94 bits per heavy atom. The second-order valence-corrected chi connectivity index (χ2v) is 3.77. The average molecular weight is 247 g/mol. The molecule has 0 saturated heterocycles. The smallest absolute Gasteiger partial charge is 0.191 e. The fourth-order valence-electron chi connectivity index (χ4n) is 1.54. The van der Waals surface area contributed by atoms with E-state index in [1.807, 2.05) is 18.2 Å². The number of methoxy groups -OCH3 is 1. The molecule has 98 valence electrons. The zero-order valence-electron chi connectivity index (χ0n) is 11.1. The van der Waals surface area contributed by atoms with Crippen molar-refractivity contribution in [1.82, 2.24) is 10.6 Å². The molecule has 2 N–H and O–H groups in total. The van der Waals surface area contributed by atoms with Gasteiger partial charge < -0.3 is 15.4 Å². The molecule has 1 rings (SSSR count). The third-order valence-corrected chi connectivity index (χ3v) is 2.48. The van der Waals surface area contributed by atoms with E-state index in [-0.39, 0.29) is 0 Å². The van der Waals surface area contributed by atoms with Gasteiger partial charge in [-0.3, -0.25) is 4.99 Å². The van der Waals surface area contributed by atoms with Gasteiger partial charge in [0.15, 0.2) is 5.96 Å². The maximum Gasteiger partial charge on any atom is 0.191 e. The van der Waals surface area contributed by atoms with Crippen LogP contribution in [0, 0.1) is 0 Å². The Labute approximate surface area is 109 Å². The van der Waals surface area contributed by atoms with Gasteiger partial charge in [0.25, 0.3) is 0 Å². The van der Waals surface area contributed by atoms with Gasteiger partial charge in [-0.05, 0) is 24.1 Å². The van der Waals surface area contributed by atoms with Crippen molar-refractivity contribution in [2.45, 2.75) is 6.42 Å². The molecule has 0 unspecified atom stereocenters. The molecule has 0 atom stereocenters. The summed E-state index contributed by atoms with van der Waals surface area (Å²) in [6.45, 7) is 5.19. The predicted molar refractivity (Wildman–Crippen MR) is 76.3 cm³/mol. The number of ether oxygens (including phenoxy) is 1. The lowest BCUT2D eigenvalue weighted by molar-refractivity contribution is 0.414. The Bertz CT molecular complexity index is 402. The highest BCUT2D eigenvalue weighted by Gasteiger charge is 1.98. The van der Waals surface area contributed by atoms with Gasteiger partial charge in [0, 0.05) is 20.1 Å². The number of nitrogens with one attached hydrogen (secondary N) is 2. The molecule has 4 nitrogen and oxygen atoms in total. The van der Waals surface area contributed by atoms with Crippen LogP contribution >= 0.6 is 0 Å². The van der Waals surface area contributed by atoms with Gasteiger partial charge in [0.05, 0.1) is 7.11 Å². The molecule has 1 aromatic carbocycles. The van der Waals surface area contributed by atoms with E-state index in [9.17, 15) is 0 Å². The van der Waals surface area contributed by atoms with Crippen LogP contribution in [0.15, 0.2) is 41.9 Å². The van der Waals surface area contributed by atoms with Crippen LogP contribution in [0.2, 0.25) is 0 Å². The molecule has 0 aliphatic rings. The fourth-order valence-corrected chi connectivity index (χ4v) is 1.54. The normalized spacial score (nSPS) is 10.9. The first-order valence-electron chi connectivity index (χ1n) is 5.98. The summed E-state index contributed by atoms with van der Waals surface area (Å²) in [7, 11) is 3.43. The largest absolute Gasteiger partial charge is 0.497 e. The van der Waals surface area contributed by atoms with Crippen molar-refractivity contribution in [3.63, 3.8) is 0 Å². The quantitative estimate of drug-likeness (QED) is 0.456. The highest BCUT2D eigenvalue weighted by molar-refractivity contribution is 5.79. The number of guanidine groups is 1. The molecule has 0 amide bonds. The van der Waals surface area contributed by atoms with E-state index in [1.165, 1.54) is 5.56 Å². The van der Waals surface area contributed by atoms with Gasteiger partial charge in [-0.15, -0.1) is 6.58 Å². The van der Waals surface area contributed by atoms with Crippen molar-refractivity contribution < 1.29 is 4.74 Å².